The molecule has 0 fully saturated rings. The Balaban J connectivity index is -0.0000000315. The Hall–Kier alpha value is -0.0000000000000000971. The molecule has 0 aromatic heterocycles. The lowest BCUT2D eigenvalue weighted by molar-refractivity contribution is 0.311. The summed E-state index contributed by atoms with van der Waals surface area (Å²) in [6.45, 7) is 0. The van der Waals surface area contributed by atoms with Crippen molar-refractivity contribution in [3.8, 4) is 0 Å². The fourth-order valence-corrected chi connectivity index (χ4v) is 0. The largest absolute Gasteiger partial charge is 0.394 e. The zero-order chi connectivity index (χ0) is 8.50. The van der Waals surface area contributed by atoms with E-state index in [1.807, 2.05) is 0 Å². The van der Waals surface area contributed by atoms with Gasteiger partial charge in [0.1, 0.15) is 0 Å². The van der Waals surface area contributed by atoms with Crippen LogP contribution < -0.4 is 11.8 Å². The van der Waals surface area contributed by atoms with Gasteiger partial charge in [-0.1, -0.05) is 0 Å². The molecule has 0 rings (SSSR count). The average molecular weight is 201 g/mol. The van der Waals surface area contributed by atoms with Gasteiger partial charge in [0.25, 0.3) is 0 Å². The lowest BCUT2D eigenvalue weighted by Crippen LogP contribution is -1.89. The summed E-state index contributed by atoms with van der Waals surface area (Å²) in [7, 11) is -4.67. The smallest absolute Gasteiger partial charge is 0.320 e. The van der Waals surface area contributed by atoms with Crippen molar-refractivity contribution in [2.45, 2.75) is 0 Å². The SMILES string of the molecule is Cl.NO.NO.O=S(=O)(O)O. The highest BCUT2D eigenvalue weighted by atomic mass is 35.5. The van der Waals surface area contributed by atoms with Crippen LogP contribution in [0.4, 0.5) is 0 Å². The average Bonchev–Trinajstić information content (AvgIpc) is 1.72. The summed E-state index contributed by atoms with van der Waals surface area (Å²) in [5.74, 6) is 7.00. The Bertz CT molecular complexity index is 98.9. The van der Waals surface area contributed by atoms with Crippen LogP contribution in [0.15, 0.2) is 0 Å². The van der Waals surface area contributed by atoms with E-state index < -0.39 is 10.4 Å². The van der Waals surface area contributed by atoms with Crippen LogP contribution >= 0.6 is 12.4 Å². The summed E-state index contributed by atoms with van der Waals surface area (Å²) in [5.41, 5.74) is 0. The van der Waals surface area contributed by atoms with E-state index in [4.69, 9.17) is 27.9 Å². The molecular formula is H9ClN2O6S. The van der Waals surface area contributed by atoms with Crippen molar-refractivity contribution in [2.75, 3.05) is 0 Å². The molecule has 0 aromatic carbocycles. The third-order valence-electron chi connectivity index (χ3n) is 0. The number of hydrogen-bond donors (Lipinski definition) is 6. The number of nitrogens with two attached hydrogens (primary N) is 2. The van der Waals surface area contributed by atoms with Crippen molar-refractivity contribution in [3.63, 3.8) is 0 Å². The van der Waals surface area contributed by atoms with Crippen molar-refractivity contribution >= 4 is 22.8 Å². The Morgan fingerprint density at radius 1 is 0.900 bits per heavy atom. The second-order valence-corrected chi connectivity index (χ2v) is 1.34. The molecule has 0 amide bonds. The first-order valence-electron chi connectivity index (χ1n) is 1.21. The molecular weight excluding hydrogens is 192 g/mol. The Kier molecular flexibility index (Phi) is 36.0. The summed E-state index contributed by atoms with van der Waals surface area (Å²) >= 11 is 0. The van der Waals surface area contributed by atoms with Crippen LogP contribution in [0.3, 0.4) is 0 Å². The second-order valence-electron chi connectivity index (χ2n) is 0.448. The van der Waals surface area contributed by atoms with Gasteiger partial charge in [0.2, 0.25) is 0 Å². The highest BCUT2D eigenvalue weighted by Gasteiger charge is 1.84. The van der Waals surface area contributed by atoms with Crippen LogP contribution in [0.5, 0.6) is 0 Å². The van der Waals surface area contributed by atoms with Crippen molar-refractivity contribution in [1.82, 2.24) is 0 Å². The lowest BCUT2D eigenvalue weighted by Gasteiger charge is -1.68. The quantitative estimate of drug-likeness (QED) is 0.202. The van der Waals surface area contributed by atoms with Gasteiger partial charge < -0.3 is 10.4 Å². The fourth-order valence-electron chi connectivity index (χ4n) is 0. The van der Waals surface area contributed by atoms with E-state index in [1.54, 1.807) is 0 Å². The van der Waals surface area contributed by atoms with Crippen LogP contribution in [-0.2, 0) is 10.4 Å². The summed E-state index contributed by atoms with van der Waals surface area (Å²) in [6, 6.07) is 0. The first-order chi connectivity index (χ1) is 4.00. The number of halogens is 1. The van der Waals surface area contributed by atoms with Crippen LogP contribution in [0.2, 0.25) is 0 Å². The van der Waals surface area contributed by atoms with E-state index in [2.05, 4.69) is 11.8 Å². The van der Waals surface area contributed by atoms with E-state index in [0.29, 0.717) is 0 Å². The van der Waals surface area contributed by atoms with Gasteiger partial charge in [-0.15, -0.1) is 12.4 Å². The molecule has 0 bridgehead atoms. The van der Waals surface area contributed by atoms with Gasteiger partial charge in [-0.2, -0.15) is 8.42 Å². The normalized spacial score (nSPS) is 7.00. The van der Waals surface area contributed by atoms with Crippen LogP contribution in [0.1, 0.15) is 0 Å². The molecule has 0 unspecified atom stereocenters. The maximum Gasteiger partial charge on any atom is 0.394 e. The number of rotatable bonds is 0. The minimum atomic E-state index is -4.67. The predicted molar refractivity (Wildman–Crippen MR) is 33.4 cm³/mol. The standard InChI is InChI=1S/ClH.2H3NO.H2O4S/c;2*1-2;1-5(2,3)4/h1H;2*2H,1H2;(H2,1,2,3,4). The van der Waals surface area contributed by atoms with Crippen LogP contribution in [0.25, 0.3) is 0 Å². The summed E-state index contributed by atoms with van der Waals surface area (Å²) in [4.78, 5) is 0. The number of hydrogen-bond acceptors (Lipinski definition) is 6. The van der Waals surface area contributed by atoms with Gasteiger partial charge in [0.05, 0.1) is 0 Å². The second kappa shape index (κ2) is 16.0. The first-order valence-corrected chi connectivity index (χ1v) is 2.61. The van der Waals surface area contributed by atoms with E-state index >= 15 is 0 Å². The molecule has 0 aromatic rings. The maximum atomic E-state index is 8.74. The van der Waals surface area contributed by atoms with Crippen molar-refractivity contribution < 1.29 is 27.9 Å². The molecule has 10 heavy (non-hydrogen) atoms. The summed E-state index contributed by atoms with van der Waals surface area (Å²) in [6.07, 6.45) is 0. The van der Waals surface area contributed by atoms with Crippen molar-refractivity contribution in [2.24, 2.45) is 11.8 Å². The zero-order valence-electron chi connectivity index (χ0n) is 4.58. The minimum absolute atomic E-state index is 0. The van der Waals surface area contributed by atoms with Gasteiger partial charge in [-0.05, 0) is 0 Å². The van der Waals surface area contributed by atoms with E-state index in [9.17, 15) is 0 Å². The molecule has 0 saturated carbocycles. The predicted octanol–water partition coefficient (Wildman–Crippen LogP) is -1.56. The summed E-state index contributed by atoms with van der Waals surface area (Å²) in [5, 5.41) is 13.0. The zero-order valence-corrected chi connectivity index (χ0v) is 6.21. The highest BCUT2D eigenvalue weighted by Crippen LogP contribution is 1.59. The Morgan fingerprint density at radius 2 is 0.900 bits per heavy atom. The highest BCUT2D eigenvalue weighted by molar-refractivity contribution is 7.79. The molecule has 8 nitrogen and oxygen atoms in total. The molecule has 0 heterocycles. The third-order valence-corrected chi connectivity index (χ3v) is 0. The van der Waals surface area contributed by atoms with Gasteiger partial charge in [-0.25, -0.2) is 11.8 Å². The monoisotopic (exact) mass is 200 g/mol. The van der Waals surface area contributed by atoms with E-state index in [-0.39, 0.29) is 12.4 Å². The molecule has 0 aliphatic heterocycles. The lowest BCUT2D eigenvalue weighted by atomic mass is 13.6. The third kappa shape index (κ3) is 41500000000000000911906223631106048. The van der Waals surface area contributed by atoms with E-state index in [0.717, 1.165) is 0 Å². The Labute approximate surface area is 63.3 Å². The molecule has 0 saturated heterocycles. The molecule has 0 radical (unpaired) electrons. The topological polar surface area (TPSA) is 167 Å². The van der Waals surface area contributed by atoms with Gasteiger partial charge in [-0.3, -0.25) is 9.11 Å². The van der Waals surface area contributed by atoms with Gasteiger partial charge in [0.15, 0.2) is 0 Å². The van der Waals surface area contributed by atoms with Crippen LogP contribution in [-0.4, -0.2) is 27.9 Å². The Morgan fingerprint density at radius 3 is 0.900 bits per heavy atom. The molecule has 8 N–H and O–H groups in total. The minimum Gasteiger partial charge on any atom is -0.320 e. The maximum absolute atomic E-state index is 8.74. The van der Waals surface area contributed by atoms with Crippen molar-refractivity contribution in [1.29, 1.82) is 0 Å². The van der Waals surface area contributed by atoms with Gasteiger partial charge >= 0.3 is 10.4 Å². The molecule has 0 aliphatic rings. The molecule has 10 heteroatoms. The fraction of sp³-hybridized carbons (Fsp3) is 0. The molecule has 0 spiro atoms. The molecule has 68 valence electrons. The first kappa shape index (κ1) is 22.5. The van der Waals surface area contributed by atoms with Crippen molar-refractivity contribution in [3.05, 3.63) is 0 Å². The van der Waals surface area contributed by atoms with E-state index in [1.165, 1.54) is 0 Å². The summed E-state index contributed by atoms with van der Waals surface area (Å²) < 4.78 is 31.6. The van der Waals surface area contributed by atoms with Crippen LogP contribution in [0, 0.1) is 0 Å². The molecule has 0 atom stereocenters. The molecule has 0 aliphatic carbocycles. The van der Waals surface area contributed by atoms with Gasteiger partial charge in [0, 0.05) is 0 Å².